The van der Waals surface area contributed by atoms with Gasteiger partial charge in [0.1, 0.15) is 0 Å². The molecule has 1 aliphatic rings. The van der Waals surface area contributed by atoms with Crippen LogP contribution < -0.4 is 10.6 Å². The highest BCUT2D eigenvalue weighted by atomic mass is 15.2. The number of rotatable bonds is 6. The Hall–Kier alpha value is -2.92. The molecule has 0 bridgehead atoms. The van der Waals surface area contributed by atoms with Crippen LogP contribution >= 0.6 is 0 Å². The summed E-state index contributed by atoms with van der Waals surface area (Å²) in [5.41, 5.74) is 2.40. The number of aromatic nitrogens is 1. The fourth-order valence-corrected chi connectivity index (χ4v) is 4.38. The third kappa shape index (κ3) is 5.61. The molecule has 1 aromatic heterocycles. The Bertz CT molecular complexity index is 996. The monoisotopic (exact) mass is 415 g/mol. The number of piperidine rings is 1. The van der Waals surface area contributed by atoms with Crippen LogP contribution in [0, 0.1) is 0 Å². The summed E-state index contributed by atoms with van der Waals surface area (Å²) < 4.78 is 0. The number of benzene rings is 2. The van der Waals surface area contributed by atoms with Crippen LogP contribution in [0.25, 0.3) is 10.8 Å². The van der Waals surface area contributed by atoms with Gasteiger partial charge < -0.3 is 10.6 Å². The molecule has 2 atom stereocenters. The Balaban J connectivity index is 1.38. The van der Waals surface area contributed by atoms with Gasteiger partial charge in [-0.2, -0.15) is 0 Å². The molecule has 0 aliphatic carbocycles. The summed E-state index contributed by atoms with van der Waals surface area (Å²) in [4.78, 5) is 12.0. The van der Waals surface area contributed by atoms with Gasteiger partial charge in [0.05, 0.1) is 12.2 Å². The van der Waals surface area contributed by atoms with Crippen LogP contribution in [-0.4, -0.2) is 41.0 Å². The average Bonchev–Trinajstić information content (AvgIpc) is 2.80. The summed E-state index contributed by atoms with van der Waals surface area (Å²) in [6.45, 7) is 7.98. The standard InChI is InChI=1S/C26H33N5/c1-3-27-26(29-18-25-24-12-8-7-11-22(24)13-15-28-25)30-23-14-16-31(20(2)17-23)19-21-9-5-4-6-10-21/h4-13,15,20,23H,3,14,16-19H2,1-2H3,(H2,27,29,30). The molecule has 2 aromatic carbocycles. The molecule has 4 rings (SSSR count). The molecule has 1 saturated heterocycles. The van der Waals surface area contributed by atoms with Crippen LogP contribution in [0.2, 0.25) is 0 Å². The molecule has 5 heteroatoms. The van der Waals surface area contributed by atoms with Gasteiger partial charge in [0.2, 0.25) is 0 Å². The van der Waals surface area contributed by atoms with Crippen LogP contribution in [0.3, 0.4) is 0 Å². The molecule has 2 unspecified atom stereocenters. The summed E-state index contributed by atoms with van der Waals surface area (Å²) in [6.07, 6.45) is 4.11. The second-order valence-electron chi connectivity index (χ2n) is 8.34. The number of guanidine groups is 1. The minimum absolute atomic E-state index is 0.431. The number of aliphatic imine (C=N–C) groups is 1. The molecule has 1 aliphatic heterocycles. The Morgan fingerprint density at radius 3 is 2.71 bits per heavy atom. The maximum Gasteiger partial charge on any atom is 0.191 e. The van der Waals surface area contributed by atoms with Gasteiger partial charge in [-0.25, -0.2) is 4.99 Å². The molecule has 3 aromatic rings. The van der Waals surface area contributed by atoms with E-state index in [0.29, 0.717) is 18.6 Å². The lowest BCUT2D eigenvalue weighted by Gasteiger charge is -2.38. The average molecular weight is 416 g/mol. The summed E-state index contributed by atoms with van der Waals surface area (Å²) in [5.74, 6) is 0.881. The van der Waals surface area contributed by atoms with Crippen LogP contribution in [0.4, 0.5) is 0 Å². The van der Waals surface area contributed by atoms with Crippen molar-refractivity contribution in [3.63, 3.8) is 0 Å². The molecule has 5 nitrogen and oxygen atoms in total. The van der Waals surface area contributed by atoms with E-state index in [1.54, 1.807) is 0 Å². The van der Waals surface area contributed by atoms with Crippen molar-refractivity contribution in [3.8, 4) is 0 Å². The number of nitrogens with one attached hydrogen (secondary N) is 2. The smallest absolute Gasteiger partial charge is 0.191 e. The van der Waals surface area contributed by atoms with Gasteiger partial charge in [0.15, 0.2) is 5.96 Å². The van der Waals surface area contributed by atoms with Crippen molar-refractivity contribution in [2.45, 2.75) is 51.9 Å². The molecule has 2 N–H and O–H groups in total. The van der Waals surface area contributed by atoms with Gasteiger partial charge in [-0.1, -0.05) is 54.6 Å². The third-order valence-electron chi connectivity index (χ3n) is 6.07. The lowest BCUT2D eigenvalue weighted by molar-refractivity contribution is 0.134. The fourth-order valence-electron chi connectivity index (χ4n) is 4.38. The second-order valence-corrected chi connectivity index (χ2v) is 8.34. The highest BCUT2D eigenvalue weighted by Crippen LogP contribution is 2.20. The Labute approximate surface area is 185 Å². The first-order valence-electron chi connectivity index (χ1n) is 11.4. The number of likely N-dealkylation sites (tertiary alicyclic amines) is 1. The Kier molecular flexibility index (Phi) is 7.15. The summed E-state index contributed by atoms with van der Waals surface area (Å²) in [5, 5.41) is 9.47. The predicted molar refractivity (Wildman–Crippen MR) is 129 cm³/mol. The molecule has 2 heterocycles. The van der Waals surface area contributed by atoms with Gasteiger partial charge in [0, 0.05) is 43.3 Å². The van der Waals surface area contributed by atoms with Crippen LogP contribution in [-0.2, 0) is 13.1 Å². The number of hydrogen-bond acceptors (Lipinski definition) is 3. The van der Waals surface area contributed by atoms with Crippen molar-refractivity contribution < 1.29 is 0 Å². The maximum absolute atomic E-state index is 4.86. The Morgan fingerprint density at radius 2 is 1.90 bits per heavy atom. The molecule has 0 radical (unpaired) electrons. The van der Waals surface area contributed by atoms with Gasteiger partial charge in [-0.05, 0) is 43.7 Å². The van der Waals surface area contributed by atoms with E-state index in [0.717, 1.165) is 44.1 Å². The topological polar surface area (TPSA) is 52.6 Å². The summed E-state index contributed by atoms with van der Waals surface area (Å²) in [7, 11) is 0. The van der Waals surface area contributed by atoms with E-state index < -0.39 is 0 Å². The molecule has 0 saturated carbocycles. The quantitative estimate of drug-likeness (QED) is 0.464. The van der Waals surface area contributed by atoms with Gasteiger partial charge in [-0.3, -0.25) is 9.88 Å². The fraction of sp³-hybridized carbons (Fsp3) is 0.385. The largest absolute Gasteiger partial charge is 0.357 e. The normalized spacial score (nSPS) is 20.0. The van der Waals surface area contributed by atoms with Crippen LogP contribution in [0.15, 0.2) is 71.9 Å². The predicted octanol–water partition coefficient (Wildman–Crippen LogP) is 4.34. The molecule has 162 valence electrons. The highest BCUT2D eigenvalue weighted by molar-refractivity contribution is 5.85. The number of nitrogens with zero attached hydrogens (tertiary/aromatic N) is 3. The van der Waals surface area contributed by atoms with Crippen LogP contribution in [0.1, 0.15) is 37.9 Å². The van der Waals surface area contributed by atoms with Gasteiger partial charge >= 0.3 is 0 Å². The third-order valence-corrected chi connectivity index (χ3v) is 6.07. The van der Waals surface area contributed by atoms with Crippen molar-refractivity contribution in [2.75, 3.05) is 13.1 Å². The number of fused-ring (bicyclic) bond motifs is 1. The minimum atomic E-state index is 0.431. The molecule has 1 fully saturated rings. The molecular formula is C26H33N5. The maximum atomic E-state index is 4.86. The van der Waals surface area contributed by atoms with Crippen molar-refractivity contribution in [1.82, 2.24) is 20.5 Å². The van der Waals surface area contributed by atoms with Gasteiger partial charge in [0.25, 0.3) is 0 Å². The zero-order valence-corrected chi connectivity index (χ0v) is 18.6. The van der Waals surface area contributed by atoms with Crippen LogP contribution in [0.5, 0.6) is 0 Å². The van der Waals surface area contributed by atoms with E-state index in [9.17, 15) is 0 Å². The highest BCUT2D eigenvalue weighted by Gasteiger charge is 2.26. The second kappa shape index (κ2) is 10.4. The van der Waals surface area contributed by atoms with Crippen molar-refractivity contribution in [2.24, 2.45) is 4.99 Å². The van der Waals surface area contributed by atoms with E-state index in [-0.39, 0.29) is 0 Å². The van der Waals surface area contributed by atoms with Crippen molar-refractivity contribution in [1.29, 1.82) is 0 Å². The lowest BCUT2D eigenvalue weighted by atomic mass is 9.97. The summed E-state index contributed by atoms with van der Waals surface area (Å²) in [6, 6.07) is 22.1. The summed E-state index contributed by atoms with van der Waals surface area (Å²) >= 11 is 0. The number of hydrogen-bond donors (Lipinski definition) is 2. The molecule has 0 spiro atoms. The zero-order chi connectivity index (χ0) is 21.5. The first-order chi connectivity index (χ1) is 15.2. The zero-order valence-electron chi connectivity index (χ0n) is 18.6. The van der Waals surface area contributed by atoms with Crippen molar-refractivity contribution in [3.05, 3.63) is 78.1 Å². The molecule has 31 heavy (non-hydrogen) atoms. The SMILES string of the molecule is CCNC(=NCc1nccc2ccccc12)NC1CCN(Cc2ccccc2)C(C)C1. The van der Waals surface area contributed by atoms with E-state index in [2.05, 4.69) is 95.0 Å². The lowest BCUT2D eigenvalue weighted by Crippen LogP contribution is -2.51. The molecule has 0 amide bonds. The minimum Gasteiger partial charge on any atom is -0.357 e. The van der Waals surface area contributed by atoms with Crippen molar-refractivity contribution >= 4 is 16.7 Å². The molecular weight excluding hydrogens is 382 g/mol. The van der Waals surface area contributed by atoms with E-state index in [4.69, 9.17) is 4.99 Å². The number of pyridine rings is 1. The van der Waals surface area contributed by atoms with Gasteiger partial charge in [-0.15, -0.1) is 0 Å². The first kappa shape index (κ1) is 21.3. The van der Waals surface area contributed by atoms with E-state index >= 15 is 0 Å². The Morgan fingerprint density at radius 1 is 1.10 bits per heavy atom. The first-order valence-corrected chi connectivity index (χ1v) is 11.4. The van der Waals surface area contributed by atoms with E-state index in [1.807, 2.05) is 6.20 Å². The van der Waals surface area contributed by atoms with E-state index in [1.165, 1.54) is 16.3 Å².